The number of nitrogens with zero attached hydrogens (tertiary/aromatic N) is 4. The Labute approximate surface area is 161 Å². The molecule has 10 heteroatoms. The number of amides is 1. The molecule has 1 unspecified atom stereocenters. The van der Waals surface area contributed by atoms with E-state index in [0.717, 1.165) is 30.3 Å². The van der Waals surface area contributed by atoms with Crippen LogP contribution in [0.4, 0.5) is 0 Å². The number of carbonyl (C=O) groups excluding carboxylic acids is 2. The van der Waals surface area contributed by atoms with Crippen LogP contribution < -0.4 is 10.9 Å². The highest BCUT2D eigenvalue weighted by atomic mass is 16.5. The topological polar surface area (TPSA) is 128 Å². The van der Waals surface area contributed by atoms with Gasteiger partial charge in [-0.1, -0.05) is 0 Å². The first-order valence-corrected chi connectivity index (χ1v) is 8.90. The van der Waals surface area contributed by atoms with Gasteiger partial charge in [0.1, 0.15) is 5.82 Å². The van der Waals surface area contributed by atoms with E-state index in [-0.39, 0.29) is 17.6 Å². The minimum absolute atomic E-state index is 0.119. The molecule has 10 nitrogen and oxygen atoms in total. The van der Waals surface area contributed by atoms with Crippen LogP contribution in [0.15, 0.2) is 17.1 Å². The molecule has 28 heavy (non-hydrogen) atoms. The molecule has 2 aromatic heterocycles. The van der Waals surface area contributed by atoms with Crippen LogP contribution in [0.25, 0.3) is 0 Å². The van der Waals surface area contributed by atoms with Crippen LogP contribution in [-0.4, -0.2) is 43.4 Å². The SMILES string of the molecule is COC(=O)c1nc(C(C)(C)NC(=O)C2CCCn3nccc32)n(C)c(=O)c1O. The first-order valence-electron chi connectivity index (χ1n) is 8.90. The molecule has 1 aliphatic rings. The van der Waals surface area contributed by atoms with Gasteiger partial charge in [0.15, 0.2) is 5.69 Å². The van der Waals surface area contributed by atoms with E-state index in [1.54, 1.807) is 20.0 Å². The zero-order valence-electron chi connectivity index (χ0n) is 16.2. The number of hydrogen-bond acceptors (Lipinski definition) is 7. The maximum atomic E-state index is 13.0. The average molecular weight is 389 g/mol. The summed E-state index contributed by atoms with van der Waals surface area (Å²) in [6.45, 7) is 4.11. The smallest absolute Gasteiger partial charge is 0.360 e. The maximum Gasteiger partial charge on any atom is 0.360 e. The quantitative estimate of drug-likeness (QED) is 0.724. The van der Waals surface area contributed by atoms with Crippen molar-refractivity contribution in [2.45, 2.75) is 44.7 Å². The number of aromatic nitrogens is 4. The Morgan fingerprint density at radius 2 is 2.11 bits per heavy atom. The molecule has 0 aliphatic carbocycles. The van der Waals surface area contributed by atoms with E-state index in [4.69, 9.17) is 0 Å². The summed E-state index contributed by atoms with van der Waals surface area (Å²) >= 11 is 0. The lowest BCUT2D eigenvalue weighted by molar-refractivity contribution is -0.125. The van der Waals surface area contributed by atoms with Gasteiger partial charge < -0.3 is 15.2 Å². The van der Waals surface area contributed by atoms with Gasteiger partial charge in [-0.25, -0.2) is 9.78 Å². The Bertz CT molecular complexity index is 991. The number of ether oxygens (including phenoxy) is 1. The minimum Gasteiger partial charge on any atom is -0.501 e. The summed E-state index contributed by atoms with van der Waals surface area (Å²) in [6.07, 6.45) is 3.18. The molecule has 1 amide bonds. The molecule has 0 bridgehead atoms. The van der Waals surface area contributed by atoms with Crippen molar-refractivity contribution in [1.82, 2.24) is 24.6 Å². The molecule has 1 aliphatic heterocycles. The second kappa shape index (κ2) is 7.10. The third kappa shape index (κ3) is 3.25. The summed E-state index contributed by atoms with van der Waals surface area (Å²) in [5.41, 5.74) is -1.55. The van der Waals surface area contributed by atoms with Crippen LogP contribution in [-0.2, 0) is 28.7 Å². The molecular formula is C18H23N5O5. The van der Waals surface area contributed by atoms with E-state index in [2.05, 4.69) is 20.1 Å². The van der Waals surface area contributed by atoms with Crippen molar-refractivity contribution < 1.29 is 19.4 Å². The van der Waals surface area contributed by atoms with E-state index >= 15 is 0 Å². The van der Waals surface area contributed by atoms with E-state index in [1.807, 2.05) is 10.7 Å². The van der Waals surface area contributed by atoms with E-state index in [1.165, 1.54) is 7.05 Å². The number of aromatic hydroxyl groups is 1. The molecule has 0 aromatic carbocycles. The van der Waals surface area contributed by atoms with Crippen LogP contribution in [0.2, 0.25) is 0 Å². The molecule has 3 heterocycles. The number of aryl methyl sites for hydroxylation is 1. The van der Waals surface area contributed by atoms with Gasteiger partial charge in [0.25, 0.3) is 5.56 Å². The van der Waals surface area contributed by atoms with Gasteiger partial charge in [0, 0.05) is 19.8 Å². The molecule has 3 rings (SSSR count). The highest BCUT2D eigenvalue weighted by Crippen LogP contribution is 2.28. The second-order valence-corrected chi connectivity index (χ2v) is 7.28. The molecule has 0 radical (unpaired) electrons. The second-order valence-electron chi connectivity index (χ2n) is 7.28. The Kier molecular flexibility index (Phi) is 4.97. The lowest BCUT2D eigenvalue weighted by Gasteiger charge is -2.31. The minimum atomic E-state index is -1.09. The normalized spacial score (nSPS) is 16.4. The molecular weight excluding hydrogens is 366 g/mol. The van der Waals surface area contributed by atoms with Crippen LogP contribution in [0.5, 0.6) is 5.75 Å². The molecule has 2 aromatic rings. The summed E-state index contributed by atoms with van der Waals surface area (Å²) in [7, 11) is 2.54. The fourth-order valence-electron chi connectivity index (χ4n) is 3.52. The summed E-state index contributed by atoms with van der Waals surface area (Å²) < 4.78 is 7.49. The van der Waals surface area contributed by atoms with Crippen molar-refractivity contribution in [3.63, 3.8) is 0 Å². The molecule has 2 N–H and O–H groups in total. The third-order valence-corrected chi connectivity index (χ3v) is 4.93. The van der Waals surface area contributed by atoms with Gasteiger partial charge in [0.05, 0.1) is 24.3 Å². The highest BCUT2D eigenvalue weighted by Gasteiger charge is 2.35. The standard InChI is InChI=1S/C18H23N5O5/c1-18(2,17-20-12(16(27)28-4)13(24)15(26)22(17)3)21-14(25)10-6-5-9-23-11(10)7-8-19-23/h7-8,10,24H,5-6,9H2,1-4H3,(H,21,25). The van der Waals surface area contributed by atoms with Crippen LogP contribution in [0, 0.1) is 0 Å². The average Bonchev–Trinajstić information content (AvgIpc) is 3.13. The van der Waals surface area contributed by atoms with Crippen LogP contribution >= 0.6 is 0 Å². The molecule has 0 saturated heterocycles. The van der Waals surface area contributed by atoms with Gasteiger partial charge in [-0.3, -0.25) is 18.8 Å². The molecule has 0 spiro atoms. The number of rotatable bonds is 4. The monoisotopic (exact) mass is 389 g/mol. The van der Waals surface area contributed by atoms with Crippen molar-refractivity contribution in [2.75, 3.05) is 7.11 Å². The number of methoxy groups -OCH3 is 1. The van der Waals surface area contributed by atoms with Crippen LogP contribution in [0.1, 0.15) is 54.6 Å². The zero-order valence-corrected chi connectivity index (χ0v) is 16.2. The first-order chi connectivity index (χ1) is 13.2. The third-order valence-electron chi connectivity index (χ3n) is 4.93. The Hall–Kier alpha value is -3.17. The Balaban J connectivity index is 1.96. The summed E-state index contributed by atoms with van der Waals surface area (Å²) in [4.78, 5) is 41.3. The number of esters is 1. The van der Waals surface area contributed by atoms with Gasteiger partial charge in [-0.05, 0) is 32.8 Å². The van der Waals surface area contributed by atoms with Crippen molar-refractivity contribution in [3.8, 4) is 5.75 Å². The highest BCUT2D eigenvalue weighted by molar-refractivity contribution is 5.90. The van der Waals surface area contributed by atoms with Crippen molar-refractivity contribution in [3.05, 3.63) is 39.8 Å². The van der Waals surface area contributed by atoms with Gasteiger partial charge in [0.2, 0.25) is 11.7 Å². The van der Waals surface area contributed by atoms with E-state index in [0.29, 0.717) is 6.42 Å². The fourth-order valence-corrected chi connectivity index (χ4v) is 3.52. The summed E-state index contributed by atoms with van der Waals surface area (Å²) in [5.74, 6) is -2.21. The van der Waals surface area contributed by atoms with Crippen LogP contribution in [0.3, 0.4) is 0 Å². The fraction of sp³-hybridized carbons (Fsp3) is 0.500. The molecule has 1 atom stereocenters. The maximum absolute atomic E-state index is 13.0. The predicted octanol–water partition coefficient (Wildman–Crippen LogP) is 0.398. The molecule has 0 fully saturated rings. The van der Waals surface area contributed by atoms with Crippen molar-refractivity contribution >= 4 is 11.9 Å². The number of fused-ring (bicyclic) bond motifs is 1. The van der Waals surface area contributed by atoms with E-state index < -0.39 is 28.5 Å². The van der Waals surface area contributed by atoms with Gasteiger partial charge in [-0.15, -0.1) is 0 Å². The largest absolute Gasteiger partial charge is 0.501 e. The summed E-state index contributed by atoms with van der Waals surface area (Å²) in [6, 6.07) is 1.82. The zero-order chi connectivity index (χ0) is 20.6. The summed E-state index contributed by atoms with van der Waals surface area (Å²) in [5, 5.41) is 17.1. The van der Waals surface area contributed by atoms with E-state index in [9.17, 15) is 19.5 Å². The number of carbonyl (C=O) groups is 2. The first kappa shape index (κ1) is 19.6. The predicted molar refractivity (Wildman–Crippen MR) is 97.9 cm³/mol. The lowest BCUT2D eigenvalue weighted by Crippen LogP contribution is -2.47. The molecule has 0 saturated carbocycles. The Morgan fingerprint density at radius 1 is 1.39 bits per heavy atom. The van der Waals surface area contributed by atoms with Crippen molar-refractivity contribution in [1.29, 1.82) is 0 Å². The van der Waals surface area contributed by atoms with Crippen molar-refractivity contribution in [2.24, 2.45) is 7.05 Å². The molecule has 150 valence electrons. The number of nitrogens with one attached hydrogen (secondary N) is 1. The van der Waals surface area contributed by atoms with Gasteiger partial charge >= 0.3 is 5.97 Å². The lowest BCUT2D eigenvalue weighted by atomic mass is 9.93. The number of hydrogen-bond donors (Lipinski definition) is 2. The van der Waals surface area contributed by atoms with Gasteiger partial charge in [-0.2, -0.15) is 5.10 Å². The Morgan fingerprint density at radius 3 is 2.79 bits per heavy atom.